The second-order valence-corrected chi connectivity index (χ2v) is 5.20. The van der Waals surface area contributed by atoms with E-state index in [0.717, 1.165) is 17.4 Å². The number of pyridine rings is 1. The van der Waals surface area contributed by atoms with Crippen LogP contribution < -0.4 is 5.32 Å². The molecule has 1 atom stereocenters. The van der Waals surface area contributed by atoms with Crippen molar-refractivity contribution in [3.63, 3.8) is 0 Å². The fourth-order valence-corrected chi connectivity index (χ4v) is 2.78. The molecule has 0 fully saturated rings. The van der Waals surface area contributed by atoms with Gasteiger partial charge in [-0.3, -0.25) is 4.98 Å². The fourth-order valence-electron chi connectivity index (χ4n) is 2.42. The second kappa shape index (κ2) is 4.49. The van der Waals surface area contributed by atoms with Gasteiger partial charge < -0.3 is 5.32 Å². The van der Waals surface area contributed by atoms with Gasteiger partial charge >= 0.3 is 0 Å². The molecule has 3 heteroatoms. The topological polar surface area (TPSA) is 24.9 Å². The van der Waals surface area contributed by atoms with Gasteiger partial charge in [0.25, 0.3) is 0 Å². The molecular weight excluding hydrogens is 276 g/mol. The number of halogens is 1. The highest BCUT2D eigenvalue weighted by Gasteiger charge is 2.21. The number of fused-ring (bicyclic) bond motifs is 1. The van der Waals surface area contributed by atoms with Crippen molar-refractivity contribution in [2.45, 2.75) is 12.3 Å². The molecule has 3 rings (SSSR count). The lowest BCUT2D eigenvalue weighted by atomic mass is 9.86. The van der Waals surface area contributed by atoms with E-state index in [9.17, 15) is 0 Å². The van der Waals surface area contributed by atoms with Crippen molar-refractivity contribution in [2.24, 2.45) is 0 Å². The Hall–Kier alpha value is -1.35. The molecule has 0 bridgehead atoms. The summed E-state index contributed by atoms with van der Waals surface area (Å²) in [6.07, 6.45) is 4.93. The Morgan fingerprint density at radius 1 is 1.29 bits per heavy atom. The number of nitrogens with one attached hydrogen (secondary N) is 1. The Balaban J connectivity index is 2.06. The summed E-state index contributed by atoms with van der Waals surface area (Å²) in [7, 11) is 0. The van der Waals surface area contributed by atoms with Crippen LogP contribution in [0.15, 0.2) is 47.2 Å². The van der Waals surface area contributed by atoms with Crippen LogP contribution in [-0.4, -0.2) is 11.5 Å². The Labute approximate surface area is 109 Å². The standard InChI is InChI=1S/C14H13BrN2/c15-11-3-4-13-12(5-7-17-14(13)8-11)10-2-1-6-16-9-10/h1-4,6,8-9,12,17H,5,7H2. The molecule has 17 heavy (non-hydrogen) atoms. The van der Waals surface area contributed by atoms with Gasteiger partial charge in [0.05, 0.1) is 0 Å². The van der Waals surface area contributed by atoms with E-state index in [1.54, 1.807) is 0 Å². The van der Waals surface area contributed by atoms with Crippen LogP contribution in [0, 0.1) is 0 Å². The molecule has 2 heterocycles. The molecule has 0 amide bonds. The third-order valence-corrected chi connectivity index (χ3v) is 3.72. The lowest BCUT2D eigenvalue weighted by molar-refractivity contribution is 0.717. The van der Waals surface area contributed by atoms with Crippen LogP contribution in [0.25, 0.3) is 0 Å². The van der Waals surface area contributed by atoms with Gasteiger partial charge in [-0.2, -0.15) is 0 Å². The van der Waals surface area contributed by atoms with Gasteiger partial charge in [-0.15, -0.1) is 0 Å². The molecule has 2 aromatic rings. The van der Waals surface area contributed by atoms with Gasteiger partial charge in [0.1, 0.15) is 0 Å². The normalized spacial score (nSPS) is 18.3. The smallest absolute Gasteiger partial charge is 0.0390 e. The maximum atomic E-state index is 4.22. The van der Waals surface area contributed by atoms with Gasteiger partial charge in [-0.25, -0.2) is 0 Å². The molecule has 0 saturated heterocycles. The van der Waals surface area contributed by atoms with Gasteiger partial charge in [0.15, 0.2) is 0 Å². The van der Waals surface area contributed by atoms with E-state index in [1.165, 1.54) is 16.8 Å². The number of anilines is 1. The Kier molecular flexibility index (Phi) is 2.85. The van der Waals surface area contributed by atoms with Crippen LogP contribution in [0.1, 0.15) is 23.5 Å². The molecule has 0 saturated carbocycles. The maximum absolute atomic E-state index is 4.22. The summed E-state index contributed by atoms with van der Waals surface area (Å²) < 4.78 is 1.12. The highest BCUT2D eigenvalue weighted by Crippen LogP contribution is 2.37. The first-order chi connectivity index (χ1) is 8.34. The van der Waals surface area contributed by atoms with Crippen molar-refractivity contribution in [2.75, 3.05) is 11.9 Å². The van der Waals surface area contributed by atoms with Gasteiger partial charge in [-0.1, -0.05) is 28.1 Å². The molecule has 0 aliphatic carbocycles. The van der Waals surface area contributed by atoms with Crippen LogP contribution in [-0.2, 0) is 0 Å². The zero-order chi connectivity index (χ0) is 11.7. The predicted molar refractivity (Wildman–Crippen MR) is 73.3 cm³/mol. The molecule has 0 radical (unpaired) electrons. The lowest BCUT2D eigenvalue weighted by Gasteiger charge is -2.27. The number of hydrogen-bond acceptors (Lipinski definition) is 2. The number of nitrogens with zero attached hydrogens (tertiary/aromatic N) is 1. The maximum Gasteiger partial charge on any atom is 0.0390 e. The van der Waals surface area contributed by atoms with E-state index in [4.69, 9.17) is 0 Å². The Morgan fingerprint density at radius 3 is 3.06 bits per heavy atom. The van der Waals surface area contributed by atoms with E-state index in [0.29, 0.717) is 5.92 Å². The van der Waals surface area contributed by atoms with Crippen LogP contribution in [0.2, 0.25) is 0 Å². The fraction of sp³-hybridized carbons (Fsp3) is 0.214. The number of hydrogen-bond donors (Lipinski definition) is 1. The first kappa shape index (κ1) is 10.8. The zero-order valence-corrected chi connectivity index (χ0v) is 10.9. The molecule has 2 nitrogen and oxygen atoms in total. The molecule has 1 aliphatic rings. The largest absolute Gasteiger partial charge is 0.385 e. The van der Waals surface area contributed by atoms with E-state index in [2.05, 4.69) is 50.5 Å². The molecule has 1 N–H and O–H groups in total. The highest BCUT2D eigenvalue weighted by molar-refractivity contribution is 9.10. The van der Waals surface area contributed by atoms with E-state index in [1.807, 2.05) is 18.5 Å². The monoisotopic (exact) mass is 288 g/mol. The zero-order valence-electron chi connectivity index (χ0n) is 9.36. The van der Waals surface area contributed by atoms with Crippen molar-refractivity contribution < 1.29 is 0 Å². The minimum atomic E-state index is 0.466. The van der Waals surface area contributed by atoms with Crippen molar-refractivity contribution in [1.29, 1.82) is 0 Å². The average Bonchev–Trinajstić information content (AvgIpc) is 2.39. The van der Waals surface area contributed by atoms with E-state index >= 15 is 0 Å². The predicted octanol–water partition coefficient (Wildman–Crippen LogP) is 3.79. The first-order valence-electron chi connectivity index (χ1n) is 5.78. The van der Waals surface area contributed by atoms with Crippen LogP contribution in [0.4, 0.5) is 5.69 Å². The van der Waals surface area contributed by atoms with Crippen LogP contribution in [0.3, 0.4) is 0 Å². The van der Waals surface area contributed by atoms with E-state index < -0.39 is 0 Å². The minimum Gasteiger partial charge on any atom is -0.385 e. The minimum absolute atomic E-state index is 0.466. The molecule has 0 spiro atoms. The van der Waals surface area contributed by atoms with Crippen LogP contribution in [0.5, 0.6) is 0 Å². The summed E-state index contributed by atoms with van der Waals surface area (Å²) in [6.45, 7) is 1.02. The summed E-state index contributed by atoms with van der Waals surface area (Å²) in [5.74, 6) is 0.466. The quantitative estimate of drug-likeness (QED) is 0.864. The SMILES string of the molecule is Brc1ccc2c(c1)NCCC2c1cccnc1. The van der Waals surface area contributed by atoms with Crippen LogP contribution >= 0.6 is 15.9 Å². The summed E-state index contributed by atoms with van der Waals surface area (Å²) in [4.78, 5) is 4.22. The number of rotatable bonds is 1. The van der Waals surface area contributed by atoms with Gasteiger partial charge in [0.2, 0.25) is 0 Å². The van der Waals surface area contributed by atoms with E-state index in [-0.39, 0.29) is 0 Å². The van der Waals surface area contributed by atoms with Crippen molar-refractivity contribution >= 4 is 21.6 Å². The average molecular weight is 289 g/mol. The second-order valence-electron chi connectivity index (χ2n) is 4.29. The summed E-state index contributed by atoms with van der Waals surface area (Å²) in [5.41, 5.74) is 3.91. The van der Waals surface area contributed by atoms with Gasteiger partial charge in [-0.05, 0) is 35.7 Å². The number of benzene rings is 1. The molecule has 1 aromatic carbocycles. The molecular formula is C14H13BrN2. The number of aromatic nitrogens is 1. The third kappa shape index (κ3) is 2.07. The Bertz CT molecular complexity index is 525. The molecule has 1 unspecified atom stereocenters. The van der Waals surface area contributed by atoms with Crippen molar-refractivity contribution in [3.8, 4) is 0 Å². The summed E-state index contributed by atoms with van der Waals surface area (Å²) in [6, 6.07) is 10.6. The first-order valence-corrected chi connectivity index (χ1v) is 6.57. The molecule has 1 aliphatic heterocycles. The molecule has 1 aromatic heterocycles. The van der Waals surface area contributed by atoms with Gasteiger partial charge in [0, 0.05) is 35.0 Å². The highest BCUT2D eigenvalue weighted by atomic mass is 79.9. The summed E-state index contributed by atoms with van der Waals surface area (Å²) in [5, 5.41) is 3.45. The van der Waals surface area contributed by atoms with Crippen molar-refractivity contribution in [1.82, 2.24) is 4.98 Å². The lowest BCUT2D eigenvalue weighted by Crippen LogP contribution is -2.17. The summed E-state index contributed by atoms with van der Waals surface area (Å²) >= 11 is 3.51. The third-order valence-electron chi connectivity index (χ3n) is 3.23. The molecule has 86 valence electrons. The Morgan fingerprint density at radius 2 is 2.24 bits per heavy atom. The van der Waals surface area contributed by atoms with Crippen molar-refractivity contribution in [3.05, 3.63) is 58.3 Å².